The van der Waals surface area contributed by atoms with E-state index in [9.17, 15) is 13.2 Å². The third-order valence-corrected chi connectivity index (χ3v) is 3.10. The van der Waals surface area contributed by atoms with Crippen LogP contribution in [-0.2, 0) is 0 Å². The zero-order valence-electron chi connectivity index (χ0n) is 9.62. The lowest BCUT2D eigenvalue weighted by molar-refractivity contribution is -0.274. The first-order valence-corrected chi connectivity index (χ1v) is 6.76. The van der Waals surface area contributed by atoms with Crippen LogP contribution in [0.15, 0.2) is 45.6 Å². The summed E-state index contributed by atoms with van der Waals surface area (Å²) in [5.74, 6) is 0.472. The normalized spacial score (nSPS) is 11.2. The number of ether oxygens (including phenoxy) is 2. The maximum atomic E-state index is 12.1. The van der Waals surface area contributed by atoms with E-state index in [0.717, 1.165) is 10.5 Å². The summed E-state index contributed by atoms with van der Waals surface area (Å²) >= 11 is 6.24. The van der Waals surface area contributed by atoms with Gasteiger partial charge in [0.1, 0.15) is 17.2 Å². The number of halogens is 5. The minimum absolute atomic E-state index is 0.135. The van der Waals surface area contributed by atoms with Crippen molar-refractivity contribution in [1.29, 1.82) is 0 Å². The smallest absolute Gasteiger partial charge is 0.456 e. The Morgan fingerprint density at radius 3 is 2.35 bits per heavy atom. The molecule has 0 unspecified atom stereocenters. The largest absolute Gasteiger partial charge is 0.573 e. The fraction of sp³-hybridized carbons (Fsp3) is 0.0833. The minimum atomic E-state index is -4.74. The third kappa shape index (κ3) is 4.38. The molecule has 8 heteroatoms. The molecule has 106 valence electrons. The highest BCUT2D eigenvalue weighted by molar-refractivity contribution is 9.10. The number of nitrogens with zero attached hydrogens (tertiary/aromatic N) is 1. The summed E-state index contributed by atoms with van der Waals surface area (Å²) in [7, 11) is 0. The number of pyridine rings is 1. The Kier molecular flexibility index (Phi) is 4.54. The van der Waals surface area contributed by atoms with Crippen LogP contribution >= 0.6 is 31.9 Å². The van der Waals surface area contributed by atoms with Gasteiger partial charge in [0.05, 0.1) is 10.7 Å². The molecule has 0 aliphatic carbocycles. The van der Waals surface area contributed by atoms with Crippen molar-refractivity contribution in [3.05, 3.63) is 45.6 Å². The van der Waals surface area contributed by atoms with E-state index in [4.69, 9.17) is 4.74 Å². The molecule has 0 N–H and O–H groups in total. The van der Waals surface area contributed by atoms with Gasteiger partial charge < -0.3 is 9.47 Å². The zero-order chi connectivity index (χ0) is 14.8. The highest BCUT2D eigenvalue weighted by atomic mass is 79.9. The van der Waals surface area contributed by atoms with Crippen molar-refractivity contribution < 1.29 is 22.6 Å². The molecule has 0 radical (unpaired) electrons. The predicted octanol–water partition coefficient (Wildman–Crippen LogP) is 5.30. The van der Waals surface area contributed by atoms with Crippen molar-refractivity contribution >= 4 is 31.9 Å². The number of hydrogen-bond acceptors (Lipinski definition) is 3. The maximum absolute atomic E-state index is 12.1. The van der Waals surface area contributed by atoms with Gasteiger partial charge in [-0.25, -0.2) is 0 Å². The molecule has 2 aromatic rings. The van der Waals surface area contributed by atoms with E-state index < -0.39 is 6.36 Å². The van der Waals surface area contributed by atoms with Gasteiger partial charge in [-0.2, -0.15) is 0 Å². The first kappa shape index (κ1) is 15.1. The Morgan fingerprint density at radius 2 is 1.75 bits per heavy atom. The topological polar surface area (TPSA) is 31.4 Å². The molecule has 0 amide bonds. The maximum Gasteiger partial charge on any atom is 0.573 e. The number of hydrogen-bond donors (Lipinski definition) is 0. The monoisotopic (exact) mass is 411 g/mol. The second kappa shape index (κ2) is 6.01. The van der Waals surface area contributed by atoms with Crippen molar-refractivity contribution in [2.24, 2.45) is 0 Å². The van der Waals surface area contributed by atoms with Crippen LogP contribution in [0.3, 0.4) is 0 Å². The Balaban J connectivity index is 2.17. The van der Waals surface area contributed by atoms with Gasteiger partial charge in [0.25, 0.3) is 0 Å². The minimum Gasteiger partial charge on any atom is -0.456 e. The van der Waals surface area contributed by atoms with E-state index in [0.29, 0.717) is 11.5 Å². The molecule has 0 saturated heterocycles. The SMILES string of the molecule is FC(F)(F)Oc1ccc(Oc2cncc(Br)c2)cc1Br. The first-order valence-electron chi connectivity index (χ1n) is 5.17. The molecule has 0 fully saturated rings. The van der Waals surface area contributed by atoms with Crippen LogP contribution in [0.25, 0.3) is 0 Å². The number of aromatic nitrogens is 1. The van der Waals surface area contributed by atoms with Crippen LogP contribution in [0.4, 0.5) is 13.2 Å². The molecule has 3 nitrogen and oxygen atoms in total. The van der Waals surface area contributed by atoms with Crippen molar-refractivity contribution in [1.82, 2.24) is 4.98 Å². The van der Waals surface area contributed by atoms with Gasteiger partial charge >= 0.3 is 6.36 Å². The van der Waals surface area contributed by atoms with Gasteiger partial charge in [0.2, 0.25) is 0 Å². The third-order valence-electron chi connectivity index (χ3n) is 2.04. The van der Waals surface area contributed by atoms with E-state index in [-0.39, 0.29) is 10.2 Å². The van der Waals surface area contributed by atoms with Crippen molar-refractivity contribution in [3.63, 3.8) is 0 Å². The highest BCUT2D eigenvalue weighted by Crippen LogP contribution is 2.34. The lowest BCUT2D eigenvalue weighted by atomic mass is 10.3. The van der Waals surface area contributed by atoms with E-state index >= 15 is 0 Å². The van der Waals surface area contributed by atoms with Gasteiger partial charge in [-0.05, 0) is 56.1 Å². The molecule has 1 aromatic heterocycles. The first-order chi connectivity index (χ1) is 9.33. The molecular weight excluding hydrogens is 407 g/mol. The molecule has 20 heavy (non-hydrogen) atoms. The second-order valence-corrected chi connectivity index (χ2v) is 5.35. The van der Waals surface area contributed by atoms with Crippen LogP contribution in [0.2, 0.25) is 0 Å². The lowest BCUT2D eigenvalue weighted by Crippen LogP contribution is -2.17. The second-order valence-electron chi connectivity index (χ2n) is 3.58. The number of rotatable bonds is 3. The summed E-state index contributed by atoms with van der Waals surface area (Å²) in [6, 6.07) is 5.59. The molecule has 0 aliphatic rings. The Morgan fingerprint density at radius 1 is 1.00 bits per heavy atom. The fourth-order valence-electron chi connectivity index (χ4n) is 1.34. The predicted molar refractivity (Wildman–Crippen MR) is 72.8 cm³/mol. The van der Waals surface area contributed by atoms with E-state index in [2.05, 4.69) is 41.6 Å². The lowest BCUT2D eigenvalue weighted by Gasteiger charge is -2.12. The van der Waals surface area contributed by atoms with Crippen LogP contribution in [0, 0.1) is 0 Å². The summed E-state index contributed by atoms with van der Waals surface area (Å²) < 4.78 is 46.5. The summed E-state index contributed by atoms with van der Waals surface area (Å²) in [4.78, 5) is 3.91. The Bertz CT molecular complexity index is 620. The molecule has 0 spiro atoms. The van der Waals surface area contributed by atoms with Crippen molar-refractivity contribution in [2.75, 3.05) is 0 Å². The summed E-state index contributed by atoms with van der Waals surface area (Å²) in [6.07, 6.45) is -1.67. The molecule has 1 heterocycles. The van der Waals surface area contributed by atoms with Crippen molar-refractivity contribution in [2.45, 2.75) is 6.36 Å². The van der Waals surface area contributed by atoms with Crippen molar-refractivity contribution in [3.8, 4) is 17.2 Å². The fourth-order valence-corrected chi connectivity index (χ4v) is 2.12. The summed E-state index contributed by atoms with van der Waals surface area (Å²) in [5.41, 5.74) is 0. The van der Waals surface area contributed by atoms with Gasteiger partial charge in [-0.1, -0.05) is 0 Å². The molecular formula is C12H6Br2F3NO2. The van der Waals surface area contributed by atoms with Gasteiger partial charge in [0, 0.05) is 10.7 Å². The van der Waals surface area contributed by atoms with Gasteiger partial charge in [0.15, 0.2) is 0 Å². The summed E-state index contributed by atoms with van der Waals surface area (Å²) in [6.45, 7) is 0. The molecule has 0 atom stereocenters. The number of benzene rings is 1. The molecule has 1 aromatic carbocycles. The molecule has 2 rings (SSSR count). The summed E-state index contributed by atoms with van der Waals surface area (Å²) in [5, 5.41) is 0. The standard InChI is InChI=1S/C12H6Br2F3NO2/c13-7-3-9(6-18-5-7)19-8-1-2-11(10(14)4-8)20-12(15,16)17/h1-6H. The Labute approximate surface area is 129 Å². The molecule has 0 saturated carbocycles. The zero-order valence-corrected chi connectivity index (χ0v) is 12.8. The van der Waals surface area contributed by atoms with E-state index in [1.807, 2.05) is 0 Å². The van der Waals surface area contributed by atoms with E-state index in [1.165, 1.54) is 18.3 Å². The van der Waals surface area contributed by atoms with Crippen LogP contribution in [0.5, 0.6) is 17.2 Å². The van der Waals surface area contributed by atoms with Crippen LogP contribution < -0.4 is 9.47 Å². The van der Waals surface area contributed by atoms with Gasteiger partial charge in [-0.3, -0.25) is 4.98 Å². The van der Waals surface area contributed by atoms with Crippen LogP contribution in [-0.4, -0.2) is 11.3 Å². The Hall–Kier alpha value is -1.28. The van der Waals surface area contributed by atoms with Crippen LogP contribution in [0.1, 0.15) is 0 Å². The quantitative estimate of drug-likeness (QED) is 0.685. The molecule has 0 bridgehead atoms. The van der Waals surface area contributed by atoms with Gasteiger partial charge in [-0.15, -0.1) is 13.2 Å². The van der Waals surface area contributed by atoms with E-state index in [1.54, 1.807) is 12.3 Å². The average Bonchev–Trinajstić information content (AvgIpc) is 2.31. The highest BCUT2D eigenvalue weighted by Gasteiger charge is 2.32. The average molecular weight is 413 g/mol. The molecule has 0 aliphatic heterocycles. The number of alkyl halides is 3.